The highest BCUT2D eigenvalue weighted by molar-refractivity contribution is 5.15. The predicted molar refractivity (Wildman–Crippen MR) is 37.9 cm³/mol. The van der Waals surface area contributed by atoms with E-state index in [9.17, 15) is 4.39 Å². The van der Waals surface area contributed by atoms with Crippen LogP contribution in [0.2, 0.25) is 0 Å². The second kappa shape index (κ2) is 3.17. The SMILES string of the molecule is N#CC[C@@H](N)c1c[nH]c(F)c1. The maximum atomic E-state index is 12.3. The topological polar surface area (TPSA) is 65.6 Å². The van der Waals surface area contributed by atoms with Crippen molar-refractivity contribution in [3.8, 4) is 6.07 Å². The fourth-order valence-electron chi connectivity index (χ4n) is 0.812. The number of nitrogens with zero attached hydrogens (tertiary/aromatic N) is 1. The smallest absolute Gasteiger partial charge is 0.191 e. The fourth-order valence-corrected chi connectivity index (χ4v) is 0.812. The van der Waals surface area contributed by atoms with Gasteiger partial charge in [-0.25, -0.2) is 0 Å². The molecule has 1 heterocycles. The Morgan fingerprint density at radius 1 is 1.82 bits per heavy atom. The Labute approximate surface area is 63.6 Å². The number of nitrogens with two attached hydrogens (primary N) is 1. The molecule has 0 radical (unpaired) electrons. The number of rotatable bonds is 2. The first-order valence-corrected chi connectivity index (χ1v) is 3.20. The molecular weight excluding hydrogens is 145 g/mol. The molecule has 0 saturated heterocycles. The molecule has 0 bridgehead atoms. The van der Waals surface area contributed by atoms with E-state index in [1.807, 2.05) is 6.07 Å². The Morgan fingerprint density at radius 2 is 2.55 bits per heavy atom. The zero-order valence-corrected chi connectivity index (χ0v) is 5.84. The van der Waals surface area contributed by atoms with Gasteiger partial charge in [-0.05, 0) is 11.6 Å². The van der Waals surface area contributed by atoms with Gasteiger partial charge in [-0.3, -0.25) is 0 Å². The van der Waals surface area contributed by atoms with Crippen molar-refractivity contribution in [1.29, 1.82) is 5.26 Å². The maximum Gasteiger partial charge on any atom is 0.191 e. The molecule has 11 heavy (non-hydrogen) atoms. The van der Waals surface area contributed by atoms with Crippen LogP contribution in [0.3, 0.4) is 0 Å². The molecule has 0 aliphatic carbocycles. The molecule has 1 aromatic heterocycles. The van der Waals surface area contributed by atoms with E-state index < -0.39 is 5.95 Å². The van der Waals surface area contributed by atoms with E-state index in [2.05, 4.69) is 4.98 Å². The zero-order chi connectivity index (χ0) is 8.27. The van der Waals surface area contributed by atoms with E-state index in [1.54, 1.807) is 0 Å². The molecule has 0 aromatic carbocycles. The van der Waals surface area contributed by atoms with Crippen LogP contribution in [-0.2, 0) is 0 Å². The van der Waals surface area contributed by atoms with Crippen LogP contribution in [-0.4, -0.2) is 4.98 Å². The van der Waals surface area contributed by atoms with Gasteiger partial charge in [-0.2, -0.15) is 9.65 Å². The Morgan fingerprint density at radius 3 is 3.00 bits per heavy atom. The first-order chi connectivity index (χ1) is 5.24. The van der Waals surface area contributed by atoms with E-state index in [1.165, 1.54) is 12.3 Å². The Hall–Kier alpha value is -1.34. The van der Waals surface area contributed by atoms with Gasteiger partial charge in [0.2, 0.25) is 0 Å². The largest absolute Gasteiger partial charge is 0.338 e. The summed E-state index contributed by atoms with van der Waals surface area (Å²) in [5.74, 6) is -0.423. The molecule has 3 N–H and O–H groups in total. The molecule has 0 saturated carbocycles. The molecule has 58 valence electrons. The van der Waals surface area contributed by atoms with Crippen molar-refractivity contribution < 1.29 is 4.39 Å². The second-order valence-corrected chi connectivity index (χ2v) is 2.25. The standard InChI is InChI=1S/C7H8FN3/c8-7-3-5(4-11-7)6(10)1-2-9/h3-4,6,11H,1,10H2/t6-/m1/s1. The van der Waals surface area contributed by atoms with Crippen molar-refractivity contribution in [1.82, 2.24) is 4.98 Å². The van der Waals surface area contributed by atoms with Gasteiger partial charge in [0.05, 0.1) is 12.5 Å². The van der Waals surface area contributed by atoms with Gasteiger partial charge in [0, 0.05) is 12.2 Å². The average Bonchev–Trinajstić information content (AvgIpc) is 2.36. The maximum absolute atomic E-state index is 12.3. The highest BCUT2D eigenvalue weighted by Crippen LogP contribution is 2.13. The van der Waals surface area contributed by atoms with Crippen molar-refractivity contribution >= 4 is 0 Å². The molecule has 0 aliphatic rings. The lowest BCUT2D eigenvalue weighted by molar-refractivity contribution is 0.591. The van der Waals surface area contributed by atoms with E-state index in [0.717, 1.165) is 0 Å². The third kappa shape index (κ3) is 1.79. The summed E-state index contributed by atoms with van der Waals surface area (Å²) in [7, 11) is 0. The number of hydrogen-bond donors (Lipinski definition) is 2. The van der Waals surface area contributed by atoms with Crippen LogP contribution in [0, 0.1) is 17.3 Å². The summed E-state index contributed by atoms with van der Waals surface area (Å²) < 4.78 is 12.3. The summed E-state index contributed by atoms with van der Waals surface area (Å²) >= 11 is 0. The van der Waals surface area contributed by atoms with Crippen molar-refractivity contribution in [3.63, 3.8) is 0 Å². The van der Waals surface area contributed by atoms with E-state index >= 15 is 0 Å². The van der Waals surface area contributed by atoms with Gasteiger partial charge < -0.3 is 10.7 Å². The van der Waals surface area contributed by atoms with Gasteiger partial charge in [0.15, 0.2) is 5.95 Å². The summed E-state index contributed by atoms with van der Waals surface area (Å²) in [5.41, 5.74) is 6.14. The third-order valence-electron chi connectivity index (χ3n) is 1.41. The predicted octanol–water partition coefficient (Wildman–Crippen LogP) is 1.07. The number of nitriles is 1. The molecule has 4 heteroatoms. The van der Waals surface area contributed by atoms with E-state index in [0.29, 0.717) is 5.56 Å². The van der Waals surface area contributed by atoms with Gasteiger partial charge in [-0.15, -0.1) is 0 Å². The lowest BCUT2D eigenvalue weighted by atomic mass is 10.1. The summed E-state index contributed by atoms with van der Waals surface area (Å²) in [6, 6.07) is 2.82. The lowest BCUT2D eigenvalue weighted by Gasteiger charge is -2.01. The number of halogens is 1. The normalized spacial score (nSPS) is 12.5. The first-order valence-electron chi connectivity index (χ1n) is 3.20. The number of aromatic nitrogens is 1. The molecule has 0 aliphatic heterocycles. The summed E-state index contributed by atoms with van der Waals surface area (Å²) in [4.78, 5) is 2.35. The quantitative estimate of drug-likeness (QED) is 0.667. The minimum absolute atomic E-state index is 0.206. The van der Waals surface area contributed by atoms with Crippen LogP contribution in [0.1, 0.15) is 18.0 Å². The molecule has 0 spiro atoms. The van der Waals surface area contributed by atoms with Crippen molar-refractivity contribution in [2.45, 2.75) is 12.5 Å². The Balaban J connectivity index is 2.70. The van der Waals surface area contributed by atoms with Crippen molar-refractivity contribution in [3.05, 3.63) is 23.8 Å². The van der Waals surface area contributed by atoms with Crippen LogP contribution >= 0.6 is 0 Å². The lowest BCUT2D eigenvalue weighted by Crippen LogP contribution is -2.07. The first kappa shape index (κ1) is 7.76. The molecule has 3 nitrogen and oxygen atoms in total. The van der Waals surface area contributed by atoms with E-state index in [4.69, 9.17) is 11.0 Å². The fraction of sp³-hybridized carbons (Fsp3) is 0.286. The summed E-state index contributed by atoms with van der Waals surface area (Å²) in [6.45, 7) is 0. The molecule has 1 rings (SSSR count). The molecule has 0 unspecified atom stereocenters. The van der Waals surface area contributed by atoms with Crippen molar-refractivity contribution in [2.75, 3.05) is 0 Å². The number of hydrogen-bond acceptors (Lipinski definition) is 2. The molecular formula is C7H8FN3. The molecule has 0 amide bonds. The average molecular weight is 153 g/mol. The summed E-state index contributed by atoms with van der Waals surface area (Å²) in [5, 5.41) is 8.27. The highest BCUT2D eigenvalue weighted by Gasteiger charge is 2.06. The Kier molecular flexibility index (Phi) is 2.24. The number of nitrogens with one attached hydrogen (secondary N) is 1. The molecule has 1 aromatic rings. The van der Waals surface area contributed by atoms with Gasteiger partial charge in [0.25, 0.3) is 0 Å². The molecule has 1 atom stereocenters. The minimum atomic E-state index is -0.423. The van der Waals surface area contributed by atoms with Crippen LogP contribution in [0.4, 0.5) is 4.39 Å². The van der Waals surface area contributed by atoms with Crippen LogP contribution < -0.4 is 5.73 Å². The van der Waals surface area contributed by atoms with E-state index in [-0.39, 0.29) is 12.5 Å². The van der Waals surface area contributed by atoms with Crippen molar-refractivity contribution in [2.24, 2.45) is 5.73 Å². The zero-order valence-electron chi connectivity index (χ0n) is 5.84. The minimum Gasteiger partial charge on any atom is -0.338 e. The van der Waals surface area contributed by atoms with Gasteiger partial charge in [-0.1, -0.05) is 0 Å². The van der Waals surface area contributed by atoms with Crippen LogP contribution in [0.5, 0.6) is 0 Å². The molecule has 0 fully saturated rings. The second-order valence-electron chi connectivity index (χ2n) is 2.25. The Bertz CT molecular complexity index is 273. The summed E-state index contributed by atoms with van der Waals surface area (Å²) in [6.07, 6.45) is 1.68. The number of H-pyrrole nitrogens is 1. The monoisotopic (exact) mass is 153 g/mol. The van der Waals surface area contributed by atoms with Crippen LogP contribution in [0.15, 0.2) is 12.3 Å². The van der Waals surface area contributed by atoms with Crippen LogP contribution in [0.25, 0.3) is 0 Å². The van der Waals surface area contributed by atoms with Gasteiger partial charge in [0.1, 0.15) is 0 Å². The third-order valence-corrected chi connectivity index (χ3v) is 1.41. The highest BCUT2D eigenvalue weighted by atomic mass is 19.1. The number of aromatic amines is 1. The van der Waals surface area contributed by atoms with Gasteiger partial charge >= 0.3 is 0 Å².